The van der Waals surface area contributed by atoms with Crippen LogP contribution in [0.2, 0.25) is 0 Å². The van der Waals surface area contributed by atoms with Gasteiger partial charge in [-0.15, -0.1) is 23.1 Å². The third kappa shape index (κ3) is 6.66. The van der Waals surface area contributed by atoms with Gasteiger partial charge in [0.15, 0.2) is 16.6 Å². The highest BCUT2D eigenvalue weighted by Crippen LogP contribution is 2.34. The summed E-state index contributed by atoms with van der Waals surface area (Å²) >= 11 is 2.73. The molecule has 0 aliphatic rings. The second-order valence-corrected chi connectivity index (χ2v) is 10.1. The third-order valence-corrected chi connectivity index (χ3v) is 7.18. The van der Waals surface area contributed by atoms with Crippen molar-refractivity contribution in [2.45, 2.75) is 17.1 Å². The summed E-state index contributed by atoms with van der Waals surface area (Å²) in [5.74, 6) is 0.328. The molecule has 0 spiro atoms. The number of hydrogen-bond donors (Lipinski definition) is 2. The van der Waals surface area contributed by atoms with Gasteiger partial charge >= 0.3 is 0 Å². The Labute approximate surface area is 222 Å². The number of thioether (sulfide) groups is 1. The van der Waals surface area contributed by atoms with Gasteiger partial charge in [-0.2, -0.15) is 0 Å². The second-order valence-electron chi connectivity index (χ2n) is 7.84. The minimum Gasteiger partial charge on any atom is -0.493 e. The van der Waals surface area contributed by atoms with Crippen LogP contribution in [0, 0.1) is 5.82 Å². The maximum Gasteiger partial charge on any atom is 0.255 e. The fourth-order valence-corrected chi connectivity index (χ4v) is 4.94. The number of carbonyl (C=O) groups excluding carboxylic acids is 2. The molecule has 7 nitrogen and oxygen atoms in total. The SMILES string of the molecule is COc1ccc(-c2csc(NC(=O)C(C)Sc3ccc(NC(=O)c4ccc(F)cc4)cc3)n2)cc1OC. The minimum atomic E-state index is -0.399. The molecule has 0 aliphatic carbocycles. The van der Waals surface area contributed by atoms with Crippen molar-refractivity contribution >= 4 is 45.7 Å². The molecular weight excluding hydrogens is 513 g/mol. The number of anilines is 2. The third-order valence-electron chi connectivity index (χ3n) is 5.31. The van der Waals surface area contributed by atoms with Crippen LogP contribution in [0.25, 0.3) is 11.3 Å². The van der Waals surface area contributed by atoms with Crippen LogP contribution in [0.15, 0.2) is 77.0 Å². The first kappa shape index (κ1) is 26.2. The Hall–Kier alpha value is -3.89. The Bertz CT molecular complexity index is 1390. The predicted molar refractivity (Wildman–Crippen MR) is 145 cm³/mol. The summed E-state index contributed by atoms with van der Waals surface area (Å²) in [6.07, 6.45) is 0. The first-order valence-corrected chi connectivity index (χ1v) is 12.9. The van der Waals surface area contributed by atoms with Crippen LogP contribution < -0.4 is 20.1 Å². The van der Waals surface area contributed by atoms with Gasteiger partial charge in [-0.25, -0.2) is 9.37 Å². The lowest BCUT2D eigenvalue weighted by molar-refractivity contribution is -0.115. The number of carbonyl (C=O) groups is 2. The second kappa shape index (κ2) is 11.9. The molecule has 190 valence electrons. The fraction of sp³-hybridized carbons (Fsp3) is 0.148. The Morgan fingerprint density at radius 2 is 1.65 bits per heavy atom. The van der Waals surface area contributed by atoms with Crippen molar-refractivity contribution in [2.24, 2.45) is 0 Å². The quantitative estimate of drug-likeness (QED) is 0.242. The Morgan fingerprint density at radius 1 is 0.946 bits per heavy atom. The maximum absolute atomic E-state index is 13.1. The highest BCUT2D eigenvalue weighted by Gasteiger charge is 2.17. The van der Waals surface area contributed by atoms with Crippen molar-refractivity contribution in [3.05, 3.63) is 83.5 Å². The number of hydrogen-bond acceptors (Lipinski definition) is 7. The Balaban J connectivity index is 1.33. The average Bonchev–Trinajstić information content (AvgIpc) is 3.38. The van der Waals surface area contributed by atoms with Gasteiger partial charge in [0.25, 0.3) is 5.91 Å². The molecule has 0 fully saturated rings. The first-order chi connectivity index (χ1) is 17.9. The number of aromatic nitrogens is 1. The van der Waals surface area contributed by atoms with E-state index in [9.17, 15) is 14.0 Å². The topological polar surface area (TPSA) is 89.6 Å². The lowest BCUT2D eigenvalue weighted by Crippen LogP contribution is -2.22. The molecule has 0 saturated heterocycles. The number of amides is 2. The van der Waals surface area contributed by atoms with Crippen LogP contribution in [-0.4, -0.2) is 36.3 Å². The van der Waals surface area contributed by atoms with E-state index in [1.165, 1.54) is 47.4 Å². The van der Waals surface area contributed by atoms with Crippen LogP contribution in [0.5, 0.6) is 11.5 Å². The smallest absolute Gasteiger partial charge is 0.255 e. The molecule has 0 aliphatic heterocycles. The number of nitrogens with zero attached hydrogens (tertiary/aromatic N) is 1. The van der Waals surface area contributed by atoms with Gasteiger partial charge in [0, 0.05) is 27.1 Å². The van der Waals surface area contributed by atoms with Gasteiger partial charge in [-0.3, -0.25) is 9.59 Å². The molecule has 4 aromatic rings. The van der Waals surface area contributed by atoms with E-state index in [2.05, 4.69) is 15.6 Å². The molecule has 2 amide bonds. The normalized spacial score (nSPS) is 11.5. The Kier molecular flexibility index (Phi) is 8.42. The molecule has 1 heterocycles. The number of halogens is 1. The maximum atomic E-state index is 13.1. The van der Waals surface area contributed by atoms with E-state index in [-0.39, 0.29) is 17.1 Å². The van der Waals surface area contributed by atoms with Crippen LogP contribution in [-0.2, 0) is 4.79 Å². The zero-order valence-corrected chi connectivity index (χ0v) is 21.9. The molecule has 0 radical (unpaired) electrons. The van der Waals surface area contributed by atoms with Crippen molar-refractivity contribution in [1.29, 1.82) is 0 Å². The summed E-state index contributed by atoms with van der Waals surface area (Å²) in [7, 11) is 3.15. The van der Waals surface area contributed by atoms with Crippen molar-refractivity contribution in [3.8, 4) is 22.8 Å². The Morgan fingerprint density at radius 3 is 2.32 bits per heavy atom. The lowest BCUT2D eigenvalue weighted by Gasteiger charge is -2.11. The standard InChI is InChI=1S/C27H24FN3O4S2/c1-16(37-21-11-9-20(10-12-21)29-26(33)17-4-7-19(28)8-5-17)25(32)31-27-30-22(15-36-27)18-6-13-23(34-2)24(14-18)35-3/h4-16H,1-3H3,(H,29,33)(H,30,31,32). The van der Waals surface area contributed by atoms with Crippen molar-refractivity contribution in [2.75, 3.05) is 24.9 Å². The molecule has 0 saturated carbocycles. The van der Waals surface area contributed by atoms with E-state index in [4.69, 9.17) is 9.47 Å². The molecule has 1 aromatic heterocycles. The van der Waals surface area contributed by atoms with E-state index in [0.29, 0.717) is 27.9 Å². The average molecular weight is 538 g/mol. The summed E-state index contributed by atoms with van der Waals surface area (Å²) in [5, 5.41) is 7.63. The van der Waals surface area contributed by atoms with Crippen LogP contribution in [0.1, 0.15) is 17.3 Å². The molecule has 2 N–H and O–H groups in total. The summed E-state index contributed by atoms with van der Waals surface area (Å²) in [5.41, 5.74) is 2.53. The monoisotopic (exact) mass is 537 g/mol. The van der Waals surface area contributed by atoms with E-state index in [1.54, 1.807) is 26.4 Å². The summed E-state index contributed by atoms with van der Waals surface area (Å²) in [6, 6.07) is 18.0. The zero-order valence-electron chi connectivity index (χ0n) is 20.3. The largest absolute Gasteiger partial charge is 0.493 e. The molecular formula is C27H24FN3O4S2. The van der Waals surface area contributed by atoms with Crippen molar-refractivity contribution in [1.82, 2.24) is 4.98 Å². The summed E-state index contributed by atoms with van der Waals surface area (Å²) in [4.78, 5) is 30.4. The fourth-order valence-electron chi connectivity index (χ4n) is 3.35. The molecule has 1 unspecified atom stereocenters. The van der Waals surface area contributed by atoms with E-state index < -0.39 is 5.82 Å². The molecule has 10 heteroatoms. The molecule has 37 heavy (non-hydrogen) atoms. The van der Waals surface area contributed by atoms with Gasteiger partial charge in [0.05, 0.1) is 25.2 Å². The van der Waals surface area contributed by atoms with Crippen LogP contribution in [0.4, 0.5) is 15.2 Å². The first-order valence-electron chi connectivity index (χ1n) is 11.2. The van der Waals surface area contributed by atoms with Crippen LogP contribution >= 0.6 is 23.1 Å². The number of methoxy groups -OCH3 is 2. The highest BCUT2D eigenvalue weighted by atomic mass is 32.2. The number of nitrogens with one attached hydrogen (secondary N) is 2. The van der Waals surface area contributed by atoms with E-state index in [0.717, 1.165) is 16.2 Å². The number of rotatable bonds is 9. The van der Waals surface area contributed by atoms with E-state index >= 15 is 0 Å². The molecule has 4 rings (SSSR count). The molecule has 3 aromatic carbocycles. The van der Waals surface area contributed by atoms with Crippen molar-refractivity contribution in [3.63, 3.8) is 0 Å². The van der Waals surface area contributed by atoms with E-state index in [1.807, 2.05) is 42.6 Å². The number of benzene rings is 3. The van der Waals surface area contributed by atoms with Gasteiger partial charge in [0.2, 0.25) is 5.91 Å². The predicted octanol–water partition coefficient (Wildman–Crippen LogP) is 6.34. The molecule has 1 atom stereocenters. The zero-order chi connectivity index (χ0) is 26.4. The lowest BCUT2D eigenvalue weighted by atomic mass is 10.1. The highest BCUT2D eigenvalue weighted by molar-refractivity contribution is 8.00. The van der Waals surface area contributed by atoms with Gasteiger partial charge in [-0.05, 0) is 73.7 Å². The van der Waals surface area contributed by atoms with Gasteiger partial charge in [0.1, 0.15) is 5.82 Å². The molecule has 0 bridgehead atoms. The summed E-state index contributed by atoms with van der Waals surface area (Å²) in [6.45, 7) is 1.81. The minimum absolute atomic E-state index is 0.174. The van der Waals surface area contributed by atoms with Crippen LogP contribution in [0.3, 0.4) is 0 Å². The number of thiazole rings is 1. The van der Waals surface area contributed by atoms with Crippen molar-refractivity contribution < 1.29 is 23.5 Å². The number of ether oxygens (including phenoxy) is 2. The van der Waals surface area contributed by atoms with Gasteiger partial charge in [-0.1, -0.05) is 0 Å². The van der Waals surface area contributed by atoms with Gasteiger partial charge < -0.3 is 20.1 Å². The summed E-state index contributed by atoms with van der Waals surface area (Å²) < 4.78 is 23.7.